The second-order valence-corrected chi connectivity index (χ2v) is 4.81. The minimum atomic E-state index is -0.696. The number of rotatable bonds is 5. The summed E-state index contributed by atoms with van der Waals surface area (Å²) in [6.07, 6.45) is -1.28. The molecule has 0 saturated carbocycles. The predicted molar refractivity (Wildman–Crippen MR) is 74.9 cm³/mol. The highest BCUT2D eigenvalue weighted by Crippen LogP contribution is 2.28. The zero-order valence-electron chi connectivity index (χ0n) is 11.7. The van der Waals surface area contributed by atoms with Gasteiger partial charge < -0.3 is 24.8 Å². The van der Waals surface area contributed by atoms with Gasteiger partial charge in [-0.1, -0.05) is 12.1 Å². The maximum atomic E-state index is 12.3. The monoisotopic (exact) mass is 280 g/mol. The van der Waals surface area contributed by atoms with Crippen LogP contribution in [0.2, 0.25) is 0 Å². The zero-order chi connectivity index (χ0) is 14.5. The summed E-state index contributed by atoms with van der Waals surface area (Å²) in [5.74, 6) is 0.505. The summed E-state index contributed by atoms with van der Waals surface area (Å²) in [5, 5.41) is 12.8. The number of carbonyl (C=O) groups is 1. The number of methoxy groups -OCH3 is 1. The van der Waals surface area contributed by atoms with Crippen LogP contribution in [-0.4, -0.2) is 62.0 Å². The quantitative estimate of drug-likeness (QED) is 0.813. The number of amides is 1. The molecule has 110 valence electrons. The highest BCUT2D eigenvalue weighted by molar-refractivity contribution is 5.83. The van der Waals surface area contributed by atoms with E-state index in [1.54, 1.807) is 7.05 Å². The molecule has 0 aromatic heterocycles. The van der Waals surface area contributed by atoms with Crippen molar-refractivity contribution in [3.8, 4) is 5.75 Å². The lowest BCUT2D eigenvalue weighted by Gasteiger charge is -2.30. The molecular formula is C14H20N2O4. The van der Waals surface area contributed by atoms with E-state index in [0.29, 0.717) is 12.3 Å². The Bertz CT molecular complexity index is 466. The summed E-state index contributed by atoms with van der Waals surface area (Å²) in [7, 11) is 3.15. The molecule has 0 fully saturated rings. The lowest BCUT2D eigenvalue weighted by atomic mass is 10.2. The van der Waals surface area contributed by atoms with Crippen LogP contribution in [0, 0.1) is 0 Å². The summed E-state index contributed by atoms with van der Waals surface area (Å²) >= 11 is 0. The van der Waals surface area contributed by atoms with Gasteiger partial charge >= 0.3 is 0 Å². The van der Waals surface area contributed by atoms with Crippen molar-refractivity contribution in [2.45, 2.75) is 12.2 Å². The molecule has 1 aliphatic heterocycles. The van der Waals surface area contributed by atoms with Crippen molar-refractivity contribution in [3.63, 3.8) is 0 Å². The molecule has 0 bridgehead atoms. The Morgan fingerprint density at radius 2 is 2.35 bits per heavy atom. The van der Waals surface area contributed by atoms with Crippen molar-refractivity contribution in [3.05, 3.63) is 24.3 Å². The van der Waals surface area contributed by atoms with Gasteiger partial charge in [-0.25, -0.2) is 0 Å². The van der Waals surface area contributed by atoms with Crippen LogP contribution in [0.25, 0.3) is 0 Å². The fourth-order valence-corrected chi connectivity index (χ4v) is 2.15. The Morgan fingerprint density at radius 3 is 3.10 bits per heavy atom. The molecular weight excluding hydrogens is 260 g/mol. The van der Waals surface area contributed by atoms with E-state index in [-0.39, 0.29) is 19.1 Å². The Hall–Kier alpha value is -1.79. The third-order valence-electron chi connectivity index (χ3n) is 3.13. The SMILES string of the molecule is COCC(O)CN(C)C(=O)C1CNc2ccccc2O1. The number of para-hydroxylation sites is 2. The van der Waals surface area contributed by atoms with Crippen LogP contribution in [-0.2, 0) is 9.53 Å². The predicted octanol–water partition coefficient (Wildman–Crippen LogP) is 0.325. The number of hydrogen-bond donors (Lipinski definition) is 2. The second kappa shape index (κ2) is 6.58. The topological polar surface area (TPSA) is 71.0 Å². The standard InChI is InChI=1S/C14H20N2O4/c1-16(8-10(17)9-19-2)14(18)13-7-15-11-5-3-4-6-12(11)20-13/h3-6,10,13,15,17H,7-9H2,1-2H3. The van der Waals surface area contributed by atoms with Gasteiger partial charge in [-0.05, 0) is 12.1 Å². The molecule has 1 aromatic carbocycles. The molecule has 0 aliphatic carbocycles. The molecule has 1 heterocycles. The summed E-state index contributed by atoms with van der Waals surface area (Å²) in [5.41, 5.74) is 0.888. The minimum absolute atomic E-state index is 0.165. The van der Waals surface area contributed by atoms with Crippen LogP contribution in [0.15, 0.2) is 24.3 Å². The van der Waals surface area contributed by atoms with Crippen LogP contribution in [0.3, 0.4) is 0 Å². The Balaban J connectivity index is 1.94. The fraction of sp³-hybridized carbons (Fsp3) is 0.500. The number of nitrogens with zero attached hydrogens (tertiary/aromatic N) is 1. The van der Waals surface area contributed by atoms with Gasteiger partial charge in [-0.3, -0.25) is 4.79 Å². The molecule has 0 saturated heterocycles. The number of nitrogens with one attached hydrogen (secondary N) is 1. The van der Waals surface area contributed by atoms with E-state index in [4.69, 9.17) is 9.47 Å². The van der Waals surface area contributed by atoms with Gasteiger partial charge in [0.1, 0.15) is 5.75 Å². The van der Waals surface area contributed by atoms with Crippen molar-refractivity contribution >= 4 is 11.6 Å². The molecule has 1 aliphatic rings. The molecule has 2 rings (SSSR count). The van der Waals surface area contributed by atoms with Gasteiger partial charge in [0.05, 0.1) is 24.9 Å². The number of fused-ring (bicyclic) bond motifs is 1. The number of carbonyl (C=O) groups excluding carboxylic acids is 1. The molecule has 6 nitrogen and oxygen atoms in total. The number of aliphatic hydroxyl groups is 1. The highest BCUT2D eigenvalue weighted by atomic mass is 16.5. The third-order valence-corrected chi connectivity index (χ3v) is 3.13. The molecule has 6 heteroatoms. The molecule has 2 N–H and O–H groups in total. The normalized spacial score (nSPS) is 18.4. The van der Waals surface area contributed by atoms with E-state index in [0.717, 1.165) is 5.69 Å². The van der Waals surface area contributed by atoms with Crippen molar-refractivity contribution in [1.82, 2.24) is 4.90 Å². The van der Waals surface area contributed by atoms with Crippen LogP contribution in [0.5, 0.6) is 5.75 Å². The van der Waals surface area contributed by atoms with Crippen LogP contribution < -0.4 is 10.1 Å². The minimum Gasteiger partial charge on any atom is -0.477 e. The lowest BCUT2D eigenvalue weighted by molar-refractivity contribution is -0.138. The molecule has 0 radical (unpaired) electrons. The second-order valence-electron chi connectivity index (χ2n) is 4.81. The van der Waals surface area contributed by atoms with Crippen molar-refractivity contribution in [2.24, 2.45) is 0 Å². The van der Waals surface area contributed by atoms with Gasteiger partial charge in [-0.2, -0.15) is 0 Å². The Kier molecular flexibility index (Phi) is 4.81. The van der Waals surface area contributed by atoms with E-state index < -0.39 is 12.2 Å². The average Bonchev–Trinajstić information content (AvgIpc) is 2.46. The first-order valence-corrected chi connectivity index (χ1v) is 6.53. The maximum Gasteiger partial charge on any atom is 0.265 e. The largest absolute Gasteiger partial charge is 0.477 e. The van der Waals surface area contributed by atoms with Gasteiger partial charge in [0, 0.05) is 20.7 Å². The van der Waals surface area contributed by atoms with Gasteiger partial charge in [-0.15, -0.1) is 0 Å². The number of benzene rings is 1. The molecule has 20 heavy (non-hydrogen) atoms. The Labute approximate surface area is 118 Å². The highest BCUT2D eigenvalue weighted by Gasteiger charge is 2.28. The molecule has 1 aromatic rings. The van der Waals surface area contributed by atoms with E-state index >= 15 is 0 Å². The number of ether oxygens (including phenoxy) is 2. The summed E-state index contributed by atoms with van der Waals surface area (Å²) in [6.45, 7) is 0.832. The van der Waals surface area contributed by atoms with Gasteiger partial charge in [0.2, 0.25) is 0 Å². The molecule has 0 spiro atoms. The van der Waals surface area contributed by atoms with Gasteiger partial charge in [0.25, 0.3) is 5.91 Å². The molecule has 2 unspecified atom stereocenters. The first-order chi connectivity index (χ1) is 9.61. The Morgan fingerprint density at radius 1 is 1.60 bits per heavy atom. The van der Waals surface area contributed by atoms with E-state index in [2.05, 4.69) is 5.32 Å². The third kappa shape index (κ3) is 3.40. The maximum absolute atomic E-state index is 12.3. The van der Waals surface area contributed by atoms with Crippen LogP contribution >= 0.6 is 0 Å². The summed E-state index contributed by atoms with van der Waals surface area (Å²) in [4.78, 5) is 13.7. The fourth-order valence-electron chi connectivity index (χ4n) is 2.15. The number of hydrogen-bond acceptors (Lipinski definition) is 5. The first kappa shape index (κ1) is 14.6. The van der Waals surface area contributed by atoms with Crippen LogP contribution in [0.1, 0.15) is 0 Å². The van der Waals surface area contributed by atoms with E-state index in [9.17, 15) is 9.90 Å². The van der Waals surface area contributed by atoms with Crippen LogP contribution in [0.4, 0.5) is 5.69 Å². The first-order valence-electron chi connectivity index (χ1n) is 6.53. The van der Waals surface area contributed by atoms with Crippen molar-refractivity contribution in [1.29, 1.82) is 0 Å². The number of aliphatic hydroxyl groups excluding tert-OH is 1. The average molecular weight is 280 g/mol. The lowest BCUT2D eigenvalue weighted by Crippen LogP contribution is -2.47. The smallest absolute Gasteiger partial charge is 0.265 e. The van der Waals surface area contributed by atoms with E-state index in [1.807, 2.05) is 24.3 Å². The van der Waals surface area contributed by atoms with Crippen molar-refractivity contribution < 1.29 is 19.4 Å². The molecule has 1 amide bonds. The summed E-state index contributed by atoms with van der Waals surface area (Å²) < 4.78 is 10.5. The van der Waals surface area contributed by atoms with E-state index in [1.165, 1.54) is 12.0 Å². The summed E-state index contributed by atoms with van der Waals surface area (Å²) in [6, 6.07) is 7.49. The van der Waals surface area contributed by atoms with Gasteiger partial charge in [0.15, 0.2) is 6.10 Å². The number of anilines is 1. The van der Waals surface area contributed by atoms with Crippen molar-refractivity contribution in [2.75, 3.05) is 39.2 Å². The number of likely N-dealkylation sites (N-methyl/N-ethyl adjacent to an activating group) is 1. The zero-order valence-corrected chi connectivity index (χ0v) is 11.7. The molecule has 2 atom stereocenters.